The third-order valence-corrected chi connectivity index (χ3v) is 4.42. The van der Waals surface area contributed by atoms with E-state index in [4.69, 9.17) is 0 Å². The lowest BCUT2D eigenvalue weighted by Crippen LogP contribution is -2.26. The van der Waals surface area contributed by atoms with Crippen LogP contribution < -0.4 is 5.32 Å². The van der Waals surface area contributed by atoms with Crippen LogP contribution in [0.5, 0.6) is 0 Å². The maximum atomic E-state index is 4.59. The highest BCUT2D eigenvalue weighted by molar-refractivity contribution is 5.85. The summed E-state index contributed by atoms with van der Waals surface area (Å²) in [5.41, 5.74) is 3.38. The Bertz CT molecular complexity index is 684. The third-order valence-electron chi connectivity index (χ3n) is 4.42. The Morgan fingerprint density at radius 1 is 1.04 bits per heavy atom. The number of nitrogens with one attached hydrogen (secondary N) is 3. The zero-order valence-corrected chi connectivity index (χ0v) is 14.3. The number of aromatic nitrogens is 4. The number of halogens is 2. The van der Waals surface area contributed by atoms with E-state index in [2.05, 4.69) is 31.3 Å². The van der Waals surface area contributed by atoms with Crippen LogP contribution in [0.1, 0.15) is 37.3 Å². The Hall–Kier alpha value is -1.72. The maximum absolute atomic E-state index is 4.59. The first-order valence-electron chi connectivity index (χ1n) is 7.58. The van der Waals surface area contributed by atoms with Crippen molar-refractivity contribution in [2.24, 2.45) is 0 Å². The number of imidazole rings is 2. The Morgan fingerprint density at radius 2 is 1.83 bits per heavy atom. The normalized spacial score (nSPS) is 20.5. The average molecular weight is 354 g/mol. The molecule has 0 radical (unpaired) electrons. The molecule has 1 aliphatic carbocycles. The summed E-state index contributed by atoms with van der Waals surface area (Å²) in [6, 6.07) is 8.64. The maximum Gasteiger partial charge on any atom is 0.201 e. The number of hydrogen-bond donors (Lipinski definition) is 3. The number of rotatable bonds is 3. The minimum absolute atomic E-state index is 0. The summed E-state index contributed by atoms with van der Waals surface area (Å²) in [5.74, 6) is 1.52. The minimum atomic E-state index is 0. The summed E-state index contributed by atoms with van der Waals surface area (Å²) >= 11 is 0. The molecule has 3 N–H and O–H groups in total. The van der Waals surface area contributed by atoms with Crippen molar-refractivity contribution < 1.29 is 0 Å². The Balaban J connectivity index is 0.000000960. The first kappa shape index (κ1) is 17.6. The SMILES string of the molecule is Cl.Cl.c1ccc2[nH]c(NC3CCC(c4cnc[nH]4)CC3)nc2c1. The summed E-state index contributed by atoms with van der Waals surface area (Å²) in [6.07, 6.45) is 8.45. The van der Waals surface area contributed by atoms with E-state index in [9.17, 15) is 0 Å². The highest BCUT2D eigenvalue weighted by atomic mass is 35.5. The monoisotopic (exact) mass is 353 g/mol. The van der Waals surface area contributed by atoms with Crippen LogP contribution in [0.4, 0.5) is 5.95 Å². The van der Waals surface area contributed by atoms with Gasteiger partial charge in [-0.1, -0.05) is 12.1 Å². The van der Waals surface area contributed by atoms with Crippen molar-refractivity contribution in [3.05, 3.63) is 42.5 Å². The van der Waals surface area contributed by atoms with Crippen LogP contribution in [-0.4, -0.2) is 26.0 Å². The molecular formula is C16H21Cl2N5. The van der Waals surface area contributed by atoms with Crippen LogP contribution in [-0.2, 0) is 0 Å². The molecule has 0 spiro atoms. The first-order chi connectivity index (χ1) is 10.4. The van der Waals surface area contributed by atoms with Crippen LogP contribution in [0.3, 0.4) is 0 Å². The molecule has 23 heavy (non-hydrogen) atoms. The highest BCUT2D eigenvalue weighted by Gasteiger charge is 2.23. The average Bonchev–Trinajstić information content (AvgIpc) is 3.17. The van der Waals surface area contributed by atoms with Gasteiger partial charge in [-0.15, -0.1) is 24.8 Å². The predicted octanol–water partition coefficient (Wildman–Crippen LogP) is 4.27. The van der Waals surface area contributed by atoms with Crippen molar-refractivity contribution in [3.63, 3.8) is 0 Å². The molecule has 7 heteroatoms. The molecule has 1 saturated carbocycles. The van der Waals surface area contributed by atoms with E-state index >= 15 is 0 Å². The summed E-state index contributed by atoms with van der Waals surface area (Å²) in [7, 11) is 0. The molecule has 124 valence electrons. The molecule has 0 aliphatic heterocycles. The van der Waals surface area contributed by atoms with Gasteiger partial charge in [-0.3, -0.25) is 0 Å². The van der Waals surface area contributed by atoms with Gasteiger partial charge < -0.3 is 15.3 Å². The summed E-state index contributed by atoms with van der Waals surface area (Å²) in [5, 5.41) is 3.54. The molecular weight excluding hydrogens is 333 g/mol. The predicted molar refractivity (Wildman–Crippen MR) is 97.8 cm³/mol. The van der Waals surface area contributed by atoms with Crippen LogP contribution in [0, 0.1) is 0 Å². The van der Waals surface area contributed by atoms with Crippen LogP contribution >= 0.6 is 24.8 Å². The van der Waals surface area contributed by atoms with Crippen molar-refractivity contribution in [1.29, 1.82) is 0 Å². The number of benzene rings is 1. The Kier molecular flexibility index (Phi) is 5.91. The van der Waals surface area contributed by atoms with Gasteiger partial charge in [-0.2, -0.15) is 0 Å². The number of anilines is 1. The summed E-state index contributed by atoms with van der Waals surface area (Å²) in [4.78, 5) is 15.3. The second-order valence-electron chi connectivity index (χ2n) is 5.80. The van der Waals surface area contributed by atoms with Gasteiger partial charge in [0, 0.05) is 23.9 Å². The smallest absolute Gasteiger partial charge is 0.201 e. The molecule has 5 nitrogen and oxygen atoms in total. The molecule has 1 aliphatic rings. The van der Waals surface area contributed by atoms with Gasteiger partial charge in [0.15, 0.2) is 0 Å². The van der Waals surface area contributed by atoms with Crippen molar-refractivity contribution in [2.75, 3.05) is 5.32 Å². The van der Waals surface area contributed by atoms with Crippen LogP contribution in [0.15, 0.2) is 36.8 Å². The van der Waals surface area contributed by atoms with Gasteiger partial charge in [0.2, 0.25) is 5.95 Å². The van der Waals surface area contributed by atoms with Gasteiger partial charge in [0.25, 0.3) is 0 Å². The summed E-state index contributed by atoms with van der Waals surface area (Å²) in [6.45, 7) is 0. The molecule has 1 aromatic carbocycles. The van der Waals surface area contributed by atoms with Gasteiger partial charge >= 0.3 is 0 Å². The third kappa shape index (κ3) is 3.79. The Labute approximate surface area is 147 Å². The van der Waals surface area contributed by atoms with E-state index < -0.39 is 0 Å². The highest BCUT2D eigenvalue weighted by Crippen LogP contribution is 2.32. The fourth-order valence-corrected chi connectivity index (χ4v) is 3.25. The number of fused-ring (bicyclic) bond motifs is 1. The van der Waals surface area contributed by atoms with E-state index in [0.29, 0.717) is 12.0 Å². The minimum Gasteiger partial charge on any atom is -0.353 e. The molecule has 0 amide bonds. The van der Waals surface area contributed by atoms with Crippen LogP contribution in [0.25, 0.3) is 11.0 Å². The number of hydrogen-bond acceptors (Lipinski definition) is 3. The molecule has 4 rings (SSSR count). The van der Waals surface area contributed by atoms with Gasteiger partial charge in [-0.05, 0) is 37.8 Å². The largest absolute Gasteiger partial charge is 0.353 e. The second-order valence-corrected chi connectivity index (χ2v) is 5.80. The summed E-state index contributed by atoms with van der Waals surface area (Å²) < 4.78 is 0. The zero-order valence-electron chi connectivity index (χ0n) is 12.7. The number of para-hydroxylation sites is 2. The molecule has 0 saturated heterocycles. The van der Waals surface area contributed by atoms with Crippen molar-refractivity contribution in [1.82, 2.24) is 19.9 Å². The van der Waals surface area contributed by atoms with E-state index in [0.717, 1.165) is 17.0 Å². The lowest BCUT2D eigenvalue weighted by molar-refractivity contribution is 0.406. The lowest BCUT2D eigenvalue weighted by Gasteiger charge is -2.28. The topological polar surface area (TPSA) is 69.4 Å². The fraction of sp³-hybridized carbons (Fsp3) is 0.375. The van der Waals surface area contributed by atoms with Crippen molar-refractivity contribution in [3.8, 4) is 0 Å². The quantitative estimate of drug-likeness (QED) is 0.658. The standard InChI is InChI=1S/C16H19N5.2ClH/c1-2-4-14-13(3-1)20-16(21-14)19-12-7-5-11(6-8-12)15-9-17-10-18-15;;/h1-4,9-12H,5-8H2,(H,17,18)(H2,19,20,21);2*1H. The van der Waals surface area contributed by atoms with E-state index in [1.54, 1.807) is 6.33 Å². The first-order valence-corrected chi connectivity index (χ1v) is 7.58. The zero-order chi connectivity index (χ0) is 14.1. The van der Waals surface area contributed by atoms with Crippen molar-refractivity contribution >= 4 is 41.8 Å². The number of H-pyrrole nitrogens is 2. The van der Waals surface area contributed by atoms with E-state index in [1.165, 1.54) is 31.4 Å². The van der Waals surface area contributed by atoms with E-state index in [-0.39, 0.29) is 24.8 Å². The second kappa shape index (κ2) is 7.70. The van der Waals surface area contributed by atoms with Gasteiger partial charge in [-0.25, -0.2) is 9.97 Å². The molecule has 2 aromatic heterocycles. The molecule has 0 bridgehead atoms. The van der Waals surface area contributed by atoms with Gasteiger partial charge in [0.1, 0.15) is 0 Å². The molecule has 3 aromatic rings. The fourth-order valence-electron chi connectivity index (χ4n) is 3.25. The Morgan fingerprint density at radius 3 is 2.52 bits per heavy atom. The molecule has 0 unspecified atom stereocenters. The number of nitrogens with zero attached hydrogens (tertiary/aromatic N) is 2. The molecule has 1 fully saturated rings. The number of aromatic amines is 2. The van der Waals surface area contributed by atoms with Gasteiger partial charge in [0.05, 0.1) is 17.4 Å². The van der Waals surface area contributed by atoms with Crippen molar-refractivity contribution in [2.45, 2.75) is 37.6 Å². The molecule has 2 heterocycles. The molecule has 0 atom stereocenters. The lowest BCUT2D eigenvalue weighted by atomic mass is 9.84. The van der Waals surface area contributed by atoms with Crippen LogP contribution in [0.2, 0.25) is 0 Å². The van der Waals surface area contributed by atoms with E-state index in [1.807, 2.05) is 24.4 Å².